The number of rotatable bonds is 4. The first kappa shape index (κ1) is 14.7. The zero-order chi connectivity index (χ0) is 14.6. The van der Waals surface area contributed by atoms with Crippen LogP contribution >= 0.6 is 0 Å². The summed E-state index contributed by atoms with van der Waals surface area (Å²) in [7, 11) is 4.28. The molecular weight excluding hydrogens is 250 g/mol. The van der Waals surface area contributed by atoms with Crippen molar-refractivity contribution in [3.8, 4) is 6.07 Å². The highest BCUT2D eigenvalue weighted by molar-refractivity contribution is 5.47. The smallest absolute Gasteiger partial charge is 0.182 e. The molecule has 0 amide bonds. The average molecular weight is 273 g/mol. The van der Waals surface area contributed by atoms with Gasteiger partial charge in [-0.1, -0.05) is 19.8 Å². The lowest BCUT2D eigenvalue weighted by molar-refractivity contribution is 0.0881. The Hall–Kier alpha value is -1.67. The topological polar surface area (TPSA) is 64.8 Å². The fourth-order valence-electron chi connectivity index (χ4n) is 3.15. The molecule has 2 atom stereocenters. The predicted octanol–water partition coefficient (Wildman–Crippen LogP) is 2.27. The third-order valence-corrected chi connectivity index (χ3v) is 4.41. The Morgan fingerprint density at radius 1 is 1.45 bits per heavy atom. The lowest BCUT2D eigenvalue weighted by Crippen LogP contribution is -2.52. The molecule has 0 saturated heterocycles. The molecule has 1 heterocycles. The van der Waals surface area contributed by atoms with Crippen molar-refractivity contribution in [1.29, 1.82) is 5.26 Å². The minimum atomic E-state index is 0.141. The van der Waals surface area contributed by atoms with Gasteiger partial charge in [-0.3, -0.25) is 0 Å². The molecule has 1 aliphatic rings. The van der Waals surface area contributed by atoms with Crippen LogP contribution in [-0.2, 0) is 0 Å². The van der Waals surface area contributed by atoms with Crippen molar-refractivity contribution in [2.24, 2.45) is 5.92 Å². The molecule has 1 aromatic heterocycles. The Balaban J connectivity index is 2.12. The lowest BCUT2D eigenvalue weighted by atomic mass is 9.75. The maximum Gasteiger partial charge on any atom is 0.182 e. The number of nitriles is 1. The second kappa shape index (κ2) is 6.19. The van der Waals surface area contributed by atoms with Gasteiger partial charge >= 0.3 is 0 Å². The molecule has 5 heteroatoms. The summed E-state index contributed by atoms with van der Waals surface area (Å²) in [5, 5.41) is 12.4. The molecule has 1 aromatic rings. The van der Waals surface area contributed by atoms with E-state index in [2.05, 4.69) is 47.3 Å². The largest absolute Gasteiger partial charge is 0.366 e. The molecule has 0 spiro atoms. The number of nitrogens with zero attached hydrogens (tertiary/aromatic N) is 4. The summed E-state index contributed by atoms with van der Waals surface area (Å²) in [5.74, 6) is 1.33. The standard InChI is InChI=1S/C15H23N5/c1-12-5-4-6-15(9-12,20(2)3)11-19-14-13(10-16)17-7-8-18-14/h7-8,12H,4-6,9,11H2,1-3H3,(H,18,19). The SMILES string of the molecule is CC1CCCC(CNc2nccnc2C#N)(N(C)C)C1. The molecule has 1 N–H and O–H groups in total. The Bertz CT molecular complexity index is 493. The molecule has 2 unspecified atom stereocenters. The van der Waals surface area contributed by atoms with Gasteiger partial charge in [0, 0.05) is 24.5 Å². The van der Waals surface area contributed by atoms with Crippen LogP contribution < -0.4 is 5.32 Å². The second-order valence-corrected chi connectivity index (χ2v) is 6.04. The van der Waals surface area contributed by atoms with Crippen molar-refractivity contribution < 1.29 is 0 Å². The molecule has 1 aliphatic carbocycles. The van der Waals surface area contributed by atoms with Gasteiger partial charge in [-0.2, -0.15) is 5.26 Å². The van der Waals surface area contributed by atoms with E-state index in [4.69, 9.17) is 5.26 Å². The van der Waals surface area contributed by atoms with Crippen molar-refractivity contribution in [3.63, 3.8) is 0 Å². The van der Waals surface area contributed by atoms with E-state index in [1.54, 1.807) is 12.4 Å². The fourth-order valence-corrected chi connectivity index (χ4v) is 3.15. The van der Waals surface area contributed by atoms with Crippen LogP contribution in [0.3, 0.4) is 0 Å². The number of hydrogen-bond acceptors (Lipinski definition) is 5. The van der Waals surface area contributed by atoms with E-state index in [1.807, 2.05) is 0 Å². The summed E-state index contributed by atoms with van der Waals surface area (Å²) in [6, 6.07) is 2.08. The third kappa shape index (κ3) is 3.07. The van der Waals surface area contributed by atoms with Crippen LogP contribution in [0.1, 0.15) is 38.3 Å². The van der Waals surface area contributed by atoms with Crippen molar-refractivity contribution in [3.05, 3.63) is 18.1 Å². The van der Waals surface area contributed by atoms with Crippen LogP contribution in [-0.4, -0.2) is 41.0 Å². The highest BCUT2D eigenvalue weighted by Gasteiger charge is 2.36. The molecule has 108 valence electrons. The van der Waals surface area contributed by atoms with Gasteiger partial charge in [-0.05, 0) is 32.9 Å². The van der Waals surface area contributed by atoms with E-state index in [1.165, 1.54) is 25.7 Å². The monoisotopic (exact) mass is 273 g/mol. The highest BCUT2D eigenvalue weighted by Crippen LogP contribution is 2.35. The molecule has 2 rings (SSSR count). The summed E-state index contributed by atoms with van der Waals surface area (Å²) in [4.78, 5) is 10.6. The van der Waals surface area contributed by atoms with E-state index >= 15 is 0 Å². The van der Waals surface area contributed by atoms with Crippen molar-refractivity contribution in [2.45, 2.75) is 38.1 Å². The van der Waals surface area contributed by atoms with Crippen LogP contribution in [0.5, 0.6) is 0 Å². The number of anilines is 1. The zero-order valence-corrected chi connectivity index (χ0v) is 12.6. The summed E-state index contributed by atoms with van der Waals surface area (Å²) < 4.78 is 0. The zero-order valence-electron chi connectivity index (χ0n) is 12.6. The Morgan fingerprint density at radius 2 is 2.20 bits per heavy atom. The van der Waals surface area contributed by atoms with Gasteiger partial charge in [0.1, 0.15) is 6.07 Å². The van der Waals surface area contributed by atoms with Crippen molar-refractivity contribution in [2.75, 3.05) is 26.0 Å². The number of hydrogen-bond donors (Lipinski definition) is 1. The highest BCUT2D eigenvalue weighted by atomic mass is 15.2. The fraction of sp³-hybridized carbons (Fsp3) is 0.667. The molecule has 1 fully saturated rings. The molecule has 5 nitrogen and oxygen atoms in total. The predicted molar refractivity (Wildman–Crippen MR) is 79.3 cm³/mol. The van der Waals surface area contributed by atoms with Gasteiger partial charge in [0.2, 0.25) is 0 Å². The quantitative estimate of drug-likeness (QED) is 0.911. The maximum atomic E-state index is 9.07. The molecule has 0 bridgehead atoms. The van der Waals surface area contributed by atoms with Gasteiger partial charge in [0.15, 0.2) is 11.5 Å². The first-order valence-electron chi connectivity index (χ1n) is 7.20. The molecule has 20 heavy (non-hydrogen) atoms. The minimum Gasteiger partial charge on any atom is -0.366 e. The minimum absolute atomic E-state index is 0.141. The van der Waals surface area contributed by atoms with Crippen molar-refractivity contribution in [1.82, 2.24) is 14.9 Å². The van der Waals surface area contributed by atoms with Gasteiger partial charge in [-0.25, -0.2) is 9.97 Å². The number of likely N-dealkylation sites (N-methyl/N-ethyl adjacent to an activating group) is 1. The summed E-state index contributed by atoms with van der Waals surface area (Å²) in [6.07, 6.45) is 8.09. The average Bonchev–Trinajstić information content (AvgIpc) is 2.45. The van der Waals surface area contributed by atoms with Crippen LogP contribution in [0.25, 0.3) is 0 Å². The molecular formula is C15H23N5. The summed E-state index contributed by atoms with van der Waals surface area (Å²) in [5.41, 5.74) is 0.507. The van der Waals surface area contributed by atoms with E-state index in [0.717, 1.165) is 12.5 Å². The summed E-state index contributed by atoms with van der Waals surface area (Å²) in [6.45, 7) is 3.12. The van der Waals surface area contributed by atoms with Gasteiger partial charge in [0.05, 0.1) is 0 Å². The molecule has 0 aromatic carbocycles. The first-order chi connectivity index (χ1) is 9.57. The maximum absolute atomic E-state index is 9.07. The Morgan fingerprint density at radius 3 is 2.85 bits per heavy atom. The van der Waals surface area contributed by atoms with Crippen molar-refractivity contribution >= 4 is 5.82 Å². The second-order valence-electron chi connectivity index (χ2n) is 6.04. The van der Waals surface area contributed by atoms with Crippen LogP contribution in [0.4, 0.5) is 5.82 Å². The van der Waals surface area contributed by atoms with Crippen LogP contribution in [0.15, 0.2) is 12.4 Å². The molecule has 0 aliphatic heterocycles. The molecule has 1 saturated carbocycles. The molecule has 0 radical (unpaired) electrons. The van der Waals surface area contributed by atoms with Gasteiger partial charge in [-0.15, -0.1) is 0 Å². The third-order valence-electron chi connectivity index (χ3n) is 4.41. The normalized spacial score (nSPS) is 26.2. The van der Waals surface area contributed by atoms with Crippen LogP contribution in [0.2, 0.25) is 0 Å². The Labute approximate surface area is 121 Å². The van der Waals surface area contributed by atoms with E-state index in [-0.39, 0.29) is 5.54 Å². The van der Waals surface area contributed by atoms with Gasteiger partial charge < -0.3 is 10.2 Å². The Kier molecular flexibility index (Phi) is 4.56. The summed E-state index contributed by atoms with van der Waals surface area (Å²) >= 11 is 0. The number of aromatic nitrogens is 2. The van der Waals surface area contributed by atoms with E-state index in [9.17, 15) is 0 Å². The van der Waals surface area contributed by atoms with Crippen LogP contribution in [0, 0.1) is 17.2 Å². The van der Waals surface area contributed by atoms with Gasteiger partial charge in [0.25, 0.3) is 0 Å². The first-order valence-corrected chi connectivity index (χ1v) is 7.20. The van der Waals surface area contributed by atoms with E-state index in [0.29, 0.717) is 11.5 Å². The lowest BCUT2D eigenvalue weighted by Gasteiger charge is -2.45. The van der Waals surface area contributed by atoms with E-state index < -0.39 is 0 Å². The number of nitrogens with one attached hydrogen (secondary N) is 1.